The van der Waals surface area contributed by atoms with E-state index in [0.29, 0.717) is 11.9 Å². The molecule has 1 aliphatic rings. The summed E-state index contributed by atoms with van der Waals surface area (Å²) in [5.74, 6) is 2.28. The molecule has 1 heterocycles. The Balaban J connectivity index is 1.74. The van der Waals surface area contributed by atoms with Gasteiger partial charge in [-0.2, -0.15) is 4.98 Å². The van der Waals surface area contributed by atoms with Crippen molar-refractivity contribution in [1.82, 2.24) is 15.5 Å². The molecule has 0 aliphatic heterocycles. The number of rotatable bonds is 3. The molecule has 0 unspecified atom stereocenters. The van der Waals surface area contributed by atoms with E-state index in [1.54, 1.807) is 0 Å². The summed E-state index contributed by atoms with van der Waals surface area (Å²) in [4.78, 5) is 4.12. The molecule has 0 spiro atoms. The smallest absolute Gasteiger partial charge is 0.223 e. The molecular formula is C9H15N3O. The van der Waals surface area contributed by atoms with E-state index in [2.05, 4.69) is 22.4 Å². The predicted octanol–water partition coefficient (Wildman–Crippen LogP) is 1.27. The van der Waals surface area contributed by atoms with E-state index in [9.17, 15) is 0 Å². The van der Waals surface area contributed by atoms with Gasteiger partial charge >= 0.3 is 0 Å². The number of aromatic nitrogens is 2. The van der Waals surface area contributed by atoms with Gasteiger partial charge in [0.25, 0.3) is 0 Å². The predicted molar refractivity (Wildman–Crippen MR) is 48.1 cm³/mol. The summed E-state index contributed by atoms with van der Waals surface area (Å²) in [5, 5.41) is 7.21. The molecule has 1 N–H and O–H groups in total. The topological polar surface area (TPSA) is 51.0 Å². The first-order chi connectivity index (χ1) is 6.24. The molecule has 0 amide bonds. The average molecular weight is 181 g/mol. The first kappa shape index (κ1) is 8.69. The molecule has 0 aromatic carbocycles. The van der Waals surface area contributed by atoms with Gasteiger partial charge in [-0.25, -0.2) is 0 Å². The lowest BCUT2D eigenvalue weighted by atomic mass is 9.82. The molecule has 1 fully saturated rings. The van der Waals surface area contributed by atoms with Crippen LogP contribution >= 0.6 is 0 Å². The molecule has 0 atom stereocenters. The van der Waals surface area contributed by atoms with Gasteiger partial charge in [0.2, 0.25) is 5.89 Å². The van der Waals surface area contributed by atoms with Crippen LogP contribution in [0.4, 0.5) is 0 Å². The Kier molecular flexibility index (Phi) is 2.31. The van der Waals surface area contributed by atoms with Gasteiger partial charge in [-0.1, -0.05) is 12.1 Å². The molecule has 2 rings (SSSR count). The lowest BCUT2D eigenvalue weighted by Gasteiger charge is -2.33. The third-order valence-electron chi connectivity index (χ3n) is 2.49. The van der Waals surface area contributed by atoms with Crippen molar-refractivity contribution >= 4 is 0 Å². The highest BCUT2D eigenvalue weighted by atomic mass is 16.5. The summed E-state index contributed by atoms with van der Waals surface area (Å²) in [6.07, 6.45) is 2.55. The quantitative estimate of drug-likeness (QED) is 0.762. The molecule has 0 bridgehead atoms. The third-order valence-corrected chi connectivity index (χ3v) is 2.49. The Morgan fingerprint density at radius 2 is 2.31 bits per heavy atom. The minimum Gasteiger partial charge on any atom is -0.340 e. The molecular weight excluding hydrogens is 166 g/mol. The molecule has 1 saturated carbocycles. The molecule has 0 radical (unpaired) electrons. The third kappa shape index (κ3) is 2.06. The zero-order valence-corrected chi connectivity index (χ0v) is 8.08. The second-order valence-electron chi connectivity index (χ2n) is 3.88. The molecule has 13 heavy (non-hydrogen) atoms. The first-order valence-corrected chi connectivity index (χ1v) is 4.76. The minimum atomic E-state index is 0.638. The summed E-state index contributed by atoms with van der Waals surface area (Å²) in [6, 6.07) is 0.661. The van der Waals surface area contributed by atoms with Crippen LogP contribution in [0.15, 0.2) is 4.52 Å². The second kappa shape index (κ2) is 3.46. The fourth-order valence-electron chi connectivity index (χ4n) is 1.72. The summed E-state index contributed by atoms with van der Waals surface area (Å²) in [7, 11) is 0. The van der Waals surface area contributed by atoms with Crippen LogP contribution in [0.2, 0.25) is 0 Å². The lowest BCUT2D eigenvalue weighted by molar-refractivity contribution is 0.238. The van der Waals surface area contributed by atoms with Crippen molar-refractivity contribution in [2.75, 3.05) is 0 Å². The highest BCUT2D eigenvalue weighted by Crippen LogP contribution is 2.26. The molecule has 4 heteroatoms. The van der Waals surface area contributed by atoms with E-state index in [-0.39, 0.29) is 0 Å². The van der Waals surface area contributed by atoms with Crippen LogP contribution in [-0.4, -0.2) is 16.2 Å². The second-order valence-corrected chi connectivity index (χ2v) is 3.88. The molecule has 1 aromatic heterocycles. The SMILES string of the molecule is Cc1nc(CNC2CC(C)C2)no1. The number of aryl methyl sites for hydroxylation is 1. The van der Waals surface area contributed by atoms with Crippen molar-refractivity contribution < 1.29 is 4.52 Å². The van der Waals surface area contributed by atoms with Crippen molar-refractivity contribution in [1.29, 1.82) is 0 Å². The zero-order chi connectivity index (χ0) is 9.26. The summed E-state index contributed by atoms with van der Waals surface area (Å²) < 4.78 is 4.87. The van der Waals surface area contributed by atoms with Gasteiger partial charge in [-0.05, 0) is 18.8 Å². The van der Waals surface area contributed by atoms with E-state index < -0.39 is 0 Å². The Morgan fingerprint density at radius 1 is 1.54 bits per heavy atom. The van der Waals surface area contributed by atoms with Crippen LogP contribution in [0.5, 0.6) is 0 Å². The Hall–Kier alpha value is -0.900. The van der Waals surface area contributed by atoms with Crippen molar-refractivity contribution in [2.24, 2.45) is 5.92 Å². The largest absolute Gasteiger partial charge is 0.340 e. The zero-order valence-electron chi connectivity index (χ0n) is 8.08. The molecule has 0 saturated heterocycles. The summed E-state index contributed by atoms with van der Waals surface area (Å²) in [5.41, 5.74) is 0. The van der Waals surface area contributed by atoms with E-state index in [1.165, 1.54) is 12.8 Å². The standard InChI is InChI=1S/C9H15N3O/c1-6-3-8(4-6)10-5-9-11-7(2)13-12-9/h6,8,10H,3-5H2,1-2H3. The molecule has 4 nitrogen and oxygen atoms in total. The van der Waals surface area contributed by atoms with Gasteiger partial charge in [0, 0.05) is 13.0 Å². The van der Waals surface area contributed by atoms with E-state index in [0.717, 1.165) is 18.3 Å². The highest BCUT2D eigenvalue weighted by Gasteiger charge is 2.24. The van der Waals surface area contributed by atoms with Crippen LogP contribution in [0.25, 0.3) is 0 Å². The Labute approximate surface area is 77.7 Å². The number of nitrogens with one attached hydrogen (secondary N) is 1. The van der Waals surface area contributed by atoms with Gasteiger partial charge in [-0.15, -0.1) is 0 Å². The van der Waals surface area contributed by atoms with Crippen LogP contribution in [0.3, 0.4) is 0 Å². The Morgan fingerprint density at radius 3 is 2.85 bits per heavy atom. The maximum absolute atomic E-state index is 4.87. The minimum absolute atomic E-state index is 0.638. The average Bonchev–Trinajstić information content (AvgIpc) is 2.43. The highest BCUT2D eigenvalue weighted by molar-refractivity contribution is 4.87. The van der Waals surface area contributed by atoms with Crippen molar-refractivity contribution in [3.05, 3.63) is 11.7 Å². The fourth-order valence-corrected chi connectivity index (χ4v) is 1.72. The number of hydrogen-bond acceptors (Lipinski definition) is 4. The normalized spacial score (nSPS) is 27.2. The summed E-state index contributed by atoms with van der Waals surface area (Å²) >= 11 is 0. The van der Waals surface area contributed by atoms with Gasteiger partial charge in [0.05, 0.1) is 6.54 Å². The number of hydrogen-bond donors (Lipinski definition) is 1. The van der Waals surface area contributed by atoms with Gasteiger partial charge in [0.1, 0.15) is 0 Å². The van der Waals surface area contributed by atoms with Gasteiger partial charge in [0.15, 0.2) is 5.82 Å². The van der Waals surface area contributed by atoms with Crippen LogP contribution in [-0.2, 0) is 6.54 Å². The Bertz CT molecular complexity index is 278. The van der Waals surface area contributed by atoms with E-state index in [1.807, 2.05) is 6.92 Å². The molecule has 72 valence electrons. The summed E-state index contributed by atoms with van der Waals surface area (Å²) in [6.45, 7) is 4.81. The van der Waals surface area contributed by atoms with E-state index >= 15 is 0 Å². The van der Waals surface area contributed by atoms with Gasteiger partial charge < -0.3 is 9.84 Å². The number of nitrogens with zero attached hydrogens (tertiary/aromatic N) is 2. The van der Waals surface area contributed by atoms with Crippen LogP contribution in [0, 0.1) is 12.8 Å². The fraction of sp³-hybridized carbons (Fsp3) is 0.778. The van der Waals surface area contributed by atoms with Crippen molar-refractivity contribution in [3.63, 3.8) is 0 Å². The van der Waals surface area contributed by atoms with Crippen molar-refractivity contribution in [2.45, 2.75) is 39.3 Å². The maximum atomic E-state index is 4.87. The van der Waals surface area contributed by atoms with Gasteiger partial charge in [-0.3, -0.25) is 0 Å². The first-order valence-electron chi connectivity index (χ1n) is 4.76. The van der Waals surface area contributed by atoms with E-state index in [4.69, 9.17) is 4.52 Å². The van der Waals surface area contributed by atoms with Crippen molar-refractivity contribution in [3.8, 4) is 0 Å². The monoisotopic (exact) mass is 181 g/mol. The lowest BCUT2D eigenvalue weighted by Crippen LogP contribution is -2.39. The molecule has 1 aromatic rings. The maximum Gasteiger partial charge on any atom is 0.223 e. The van der Waals surface area contributed by atoms with Crippen LogP contribution < -0.4 is 5.32 Å². The van der Waals surface area contributed by atoms with Crippen LogP contribution in [0.1, 0.15) is 31.5 Å². The molecule has 1 aliphatic carbocycles.